The molecule has 2 aliphatic rings. The molecule has 1 aromatic carbocycles. The number of urea groups is 1. The third kappa shape index (κ3) is 2.91. The Kier molecular flexibility index (Phi) is 3.64. The minimum Gasteiger partial charge on any atom is -0.334 e. The second-order valence-corrected chi connectivity index (χ2v) is 5.48. The van der Waals surface area contributed by atoms with Gasteiger partial charge < -0.3 is 15.5 Å². The molecule has 110 valence electrons. The summed E-state index contributed by atoms with van der Waals surface area (Å²) in [5.74, 6) is 0.436. The van der Waals surface area contributed by atoms with Crippen molar-refractivity contribution in [2.24, 2.45) is 5.92 Å². The van der Waals surface area contributed by atoms with Gasteiger partial charge in [0.25, 0.3) is 0 Å². The van der Waals surface area contributed by atoms with Gasteiger partial charge in [-0.2, -0.15) is 0 Å². The number of rotatable bonds is 4. The summed E-state index contributed by atoms with van der Waals surface area (Å²) in [5.41, 5.74) is 2.81. The van der Waals surface area contributed by atoms with E-state index in [9.17, 15) is 9.59 Å². The summed E-state index contributed by atoms with van der Waals surface area (Å²) < 4.78 is 0. The predicted molar refractivity (Wildman–Crippen MR) is 82.4 cm³/mol. The van der Waals surface area contributed by atoms with Gasteiger partial charge in [-0.3, -0.25) is 4.79 Å². The van der Waals surface area contributed by atoms with E-state index in [4.69, 9.17) is 0 Å². The molecule has 0 atom stereocenters. The van der Waals surface area contributed by atoms with Crippen LogP contribution in [0.5, 0.6) is 0 Å². The quantitative estimate of drug-likeness (QED) is 0.834. The minimum absolute atomic E-state index is 0.212. The topological polar surface area (TPSA) is 61.4 Å². The second kappa shape index (κ2) is 5.60. The van der Waals surface area contributed by atoms with E-state index in [2.05, 4.69) is 17.2 Å². The summed E-state index contributed by atoms with van der Waals surface area (Å²) in [4.78, 5) is 25.8. The van der Waals surface area contributed by atoms with Crippen LogP contribution in [-0.4, -0.2) is 25.0 Å². The van der Waals surface area contributed by atoms with Crippen LogP contribution in [0, 0.1) is 5.92 Å². The molecule has 21 heavy (non-hydrogen) atoms. The third-order valence-electron chi connectivity index (χ3n) is 3.84. The molecule has 1 aliphatic carbocycles. The van der Waals surface area contributed by atoms with E-state index in [0.717, 1.165) is 31.5 Å². The Balaban J connectivity index is 1.73. The largest absolute Gasteiger partial charge is 0.334 e. The smallest absolute Gasteiger partial charge is 0.319 e. The van der Waals surface area contributed by atoms with Crippen molar-refractivity contribution in [3.05, 3.63) is 36.4 Å². The van der Waals surface area contributed by atoms with Crippen molar-refractivity contribution in [1.82, 2.24) is 5.32 Å². The zero-order valence-corrected chi connectivity index (χ0v) is 11.9. The molecule has 3 amide bonds. The van der Waals surface area contributed by atoms with Crippen LogP contribution in [0.4, 0.5) is 16.2 Å². The highest BCUT2D eigenvalue weighted by Gasteiger charge is 2.36. The highest BCUT2D eigenvalue weighted by molar-refractivity contribution is 5.99. The van der Waals surface area contributed by atoms with Crippen LogP contribution in [0.3, 0.4) is 0 Å². The molecule has 1 saturated carbocycles. The number of amides is 3. The second-order valence-electron chi connectivity index (χ2n) is 5.48. The zero-order valence-electron chi connectivity index (χ0n) is 11.9. The minimum atomic E-state index is -0.270. The van der Waals surface area contributed by atoms with Crippen molar-refractivity contribution in [2.45, 2.75) is 19.3 Å². The number of carbonyl (C=O) groups excluding carboxylic acids is 2. The van der Waals surface area contributed by atoms with Crippen molar-refractivity contribution in [3.8, 4) is 0 Å². The Morgan fingerprint density at radius 2 is 2.19 bits per heavy atom. The summed E-state index contributed by atoms with van der Waals surface area (Å²) in [7, 11) is 0. The molecule has 2 N–H and O–H groups in total. The number of hydrogen-bond acceptors (Lipinski definition) is 2. The molecular formula is C16H19N3O2. The summed E-state index contributed by atoms with van der Waals surface area (Å²) in [6, 6.07) is 5.47. The van der Waals surface area contributed by atoms with Crippen molar-refractivity contribution in [2.75, 3.05) is 23.3 Å². The van der Waals surface area contributed by atoms with Crippen LogP contribution in [0.1, 0.15) is 18.4 Å². The normalized spacial score (nSPS) is 16.3. The number of anilines is 2. The van der Waals surface area contributed by atoms with Gasteiger partial charge in [0.1, 0.15) is 0 Å². The van der Waals surface area contributed by atoms with Crippen molar-refractivity contribution < 1.29 is 9.59 Å². The molecule has 1 fully saturated rings. The third-order valence-corrected chi connectivity index (χ3v) is 3.84. The maximum Gasteiger partial charge on any atom is 0.319 e. The number of fused-ring (bicyclic) bond motifs is 1. The molecule has 0 radical (unpaired) electrons. The van der Waals surface area contributed by atoms with Gasteiger partial charge in [0.2, 0.25) is 5.91 Å². The molecule has 3 rings (SSSR count). The van der Waals surface area contributed by atoms with Crippen LogP contribution in [0.15, 0.2) is 30.9 Å². The molecule has 0 spiro atoms. The Labute approximate surface area is 124 Å². The van der Waals surface area contributed by atoms with E-state index in [-0.39, 0.29) is 17.9 Å². The molecule has 0 aromatic heterocycles. The fraction of sp³-hybridized carbons (Fsp3) is 0.375. The molecule has 1 heterocycles. The lowest BCUT2D eigenvalue weighted by molar-refractivity contribution is -0.119. The summed E-state index contributed by atoms with van der Waals surface area (Å²) in [6.07, 6.45) is 4.52. The summed E-state index contributed by atoms with van der Waals surface area (Å²) in [5, 5.41) is 5.44. The van der Waals surface area contributed by atoms with E-state index in [1.165, 1.54) is 5.56 Å². The standard InChI is InChI=1S/C16H19N3O2/c1-2-8-17-16(21)18-13-6-5-11-7-9-19(14(11)10-13)15(20)12-3-4-12/h2,5-6,10,12H,1,3-4,7-9H2,(H2,17,18,21). The maximum atomic E-state index is 12.3. The van der Waals surface area contributed by atoms with Crippen molar-refractivity contribution >= 4 is 23.3 Å². The van der Waals surface area contributed by atoms with Crippen LogP contribution in [0.2, 0.25) is 0 Å². The summed E-state index contributed by atoms with van der Waals surface area (Å²) in [6.45, 7) is 4.72. The Bertz CT molecular complexity index is 593. The van der Waals surface area contributed by atoms with Crippen molar-refractivity contribution in [1.29, 1.82) is 0 Å². The lowest BCUT2D eigenvalue weighted by Gasteiger charge is -2.18. The van der Waals surface area contributed by atoms with Crippen LogP contribution < -0.4 is 15.5 Å². The lowest BCUT2D eigenvalue weighted by atomic mass is 10.1. The first-order valence-corrected chi connectivity index (χ1v) is 7.29. The number of nitrogens with one attached hydrogen (secondary N) is 2. The van der Waals surface area contributed by atoms with Crippen molar-refractivity contribution in [3.63, 3.8) is 0 Å². The first-order chi connectivity index (χ1) is 10.2. The molecular weight excluding hydrogens is 266 g/mol. The zero-order chi connectivity index (χ0) is 14.8. The van der Waals surface area contributed by atoms with Crippen LogP contribution >= 0.6 is 0 Å². The molecule has 0 bridgehead atoms. The molecule has 5 nitrogen and oxygen atoms in total. The van der Waals surface area contributed by atoms with Crippen LogP contribution in [-0.2, 0) is 11.2 Å². The number of nitrogens with zero attached hydrogens (tertiary/aromatic N) is 1. The van der Waals surface area contributed by atoms with Gasteiger partial charge in [-0.15, -0.1) is 6.58 Å². The van der Waals surface area contributed by atoms with Gasteiger partial charge in [-0.25, -0.2) is 4.79 Å². The SMILES string of the molecule is C=CCNC(=O)Nc1ccc2c(c1)N(C(=O)C1CC1)CC2. The van der Waals surface area contributed by atoms with E-state index in [1.807, 2.05) is 23.1 Å². The Morgan fingerprint density at radius 1 is 1.38 bits per heavy atom. The van der Waals surface area contributed by atoms with E-state index < -0.39 is 0 Å². The predicted octanol–water partition coefficient (Wildman–Crippen LogP) is 2.29. The van der Waals surface area contributed by atoms with E-state index >= 15 is 0 Å². The molecule has 0 saturated heterocycles. The van der Waals surface area contributed by atoms with Gasteiger partial charge in [-0.05, 0) is 37.0 Å². The molecule has 1 aromatic rings. The van der Waals surface area contributed by atoms with Crippen LogP contribution in [0.25, 0.3) is 0 Å². The highest BCUT2D eigenvalue weighted by atomic mass is 16.2. The monoisotopic (exact) mass is 285 g/mol. The Morgan fingerprint density at radius 3 is 2.90 bits per heavy atom. The Hall–Kier alpha value is -2.30. The molecule has 1 aliphatic heterocycles. The number of hydrogen-bond donors (Lipinski definition) is 2. The molecule has 5 heteroatoms. The maximum absolute atomic E-state index is 12.3. The average molecular weight is 285 g/mol. The van der Waals surface area contributed by atoms with Gasteiger partial charge in [0, 0.05) is 30.4 Å². The van der Waals surface area contributed by atoms with E-state index in [0.29, 0.717) is 12.2 Å². The van der Waals surface area contributed by atoms with Gasteiger partial charge >= 0.3 is 6.03 Å². The first kappa shape index (κ1) is 13.7. The number of carbonyl (C=O) groups is 2. The van der Waals surface area contributed by atoms with Gasteiger partial charge in [0.05, 0.1) is 0 Å². The fourth-order valence-corrected chi connectivity index (χ4v) is 2.58. The molecule has 0 unspecified atom stereocenters. The highest BCUT2D eigenvalue weighted by Crippen LogP contribution is 2.37. The summed E-state index contributed by atoms with van der Waals surface area (Å²) >= 11 is 0. The first-order valence-electron chi connectivity index (χ1n) is 7.29. The fourth-order valence-electron chi connectivity index (χ4n) is 2.58. The number of benzene rings is 1. The van der Waals surface area contributed by atoms with E-state index in [1.54, 1.807) is 6.08 Å². The average Bonchev–Trinajstić information content (AvgIpc) is 3.24. The van der Waals surface area contributed by atoms with Gasteiger partial charge in [-0.1, -0.05) is 12.1 Å². The van der Waals surface area contributed by atoms with Gasteiger partial charge in [0.15, 0.2) is 0 Å². The lowest BCUT2D eigenvalue weighted by Crippen LogP contribution is -2.30.